The van der Waals surface area contributed by atoms with Gasteiger partial charge in [0.15, 0.2) is 0 Å². The van der Waals surface area contributed by atoms with Crippen LogP contribution in [-0.2, 0) is 9.59 Å². The van der Waals surface area contributed by atoms with Gasteiger partial charge in [0.25, 0.3) is 0 Å². The molecule has 0 saturated carbocycles. The fourth-order valence-corrected chi connectivity index (χ4v) is 3.33. The van der Waals surface area contributed by atoms with E-state index in [-0.39, 0.29) is 5.78 Å². The average molecular weight is 302 g/mol. The number of carboxylic acid groups (broad SMARTS) is 1. The number of hydrogen-bond donors (Lipinski definition) is 2. The second-order valence-electron chi connectivity index (χ2n) is 5.21. The molecule has 1 saturated heterocycles. The summed E-state index contributed by atoms with van der Waals surface area (Å²) in [6.45, 7) is 1.69. The van der Waals surface area contributed by atoms with Crippen molar-refractivity contribution in [3.05, 3.63) is 30.3 Å². The van der Waals surface area contributed by atoms with E-state index in [9.17, 15) is 14.7 Å². The highest BCUT2D eigenvalue weighted by Gasteiger charge is 2.45. The molecule has 21 heavy (non-hydrogen) atoms. The molecule has 1 aromatic carbocycles. The minimum absolute atomic E-state index is 0.203. The van der Waals surface area contributed by atoms with Crippen LogP contribution < -0.4 is 4.90 Å². The van der Waals surface area contributed by atoms with Gasteiger partial charge >= 0.3 is 5.97 Å². The summed E-state index contributed by atoms with van der Waals surface area (Å²) in [6, 6.07) is 8.64. The number of nitrogens with one attached hydrogen (secondary N) is 1. The fraction of sp³-hybridized carbons (Fsp3) is 0.267. The molecule has 1 aliphatic heterocycles. The second-order valence-corrected chi connectivity index (χ2v) is 5.73. The van der Waals surface area contributed by atoms with Gasteiger partial charge in [-0.1, -0.05) is 30.4 Å². The molecular weight excluding hydrogens is 288 g/mol. The number of carbonyl (C=O) groups excluding carboxylic acids is 1. The van der Waals surface area contributed by atoms with Crippen molar-refractivity contribution in [1.82, 2.24) is 4.98 Å². The molecule has 108 valence electrons. The van der Waals surface area contributed by atoms with E-state index in [2.05, 4.69) is 4.98 Å². The van der Waals surface area contributed by atoms with Crippen molar-refractivity contribution in [2.45, 2.75) is 13.0 Å². The van der Waals surface area contributed by atoms with Crippen molar-refractivity contribution in [1.29, 1.82) is 0 Å². The van der Waals surface area contributed by atoms with Crippen LogP contribution in [0.15, 0.2) is 30.3 Å². The molecule has 2 aromatic rings. The van der Waals surface area contributed by atoms with E-state index in [1.165, 1.54) is 6.92 Å². The van der Waals surface area contributed by atoms with Crippen LogP contribution in [0, 0.1) is 5.92 Å². The fourth-order valence-electron chi connectivity index (χ4n) is 2.89. The van der Waals surface area contributed by atoms with Crippen molar-refractivity contribution < 1.29 is 14.7 Å². The number of carbonyl (C=O) groups is 2. The monoisotopic (exact) mass is 302 g/mol. The number of aromatic amines is 1. The number of aliphatic carboxylic acids is 1. The molecule has 2 heterocycles. The maximum atomic E-state index is 11.7. The first-order valence-electron chi connectivity index (χ1n) is 6.59. The lowest BCUT2D eigenvalue weighted by molar-refractivity contribution is -0.140. The van der Waals surface area contributed by atoms with E-state index in [4.69, 9.17) is 12.2 Å². The highest BCUT2D eigenvalue weighted by atomic mass is 32.1. The lowest BCUT2D eigenvalue weighted by atomic mass is 9.96. The number of benzene rings is 1. The number of rotatable bonds is 3. The Labute approximate surface area is 126 Å². The largest absolute Gasteiger partial charge is 0.480 e. The van der Waals surface area contributed by atoms with Crippen LogP contribution >= 0.6 is 12.2 Å². The summed E-state index contributed by atoms with van der Waals surface area (Å²) in [7, 11) is 0. The Morgan fingerprint density at radius 3 is 2.71 bits per heavy atom. The molecule has 1 aliphatic rings. The topological polar surface area (TPSA) is 73.4 Å². The number of hydrogen-bond acceptors (Lipinski definition) is 4. The summed E-state index contributed by atoms with van der Waals surface area (Å²) < 4.78 is 0. The van der Waals surface area contributed by atoms with Crippen LogP contribution in [0.25, 0.3) is 10.9 Å². The molecule has 1 unspecified atom stereocenters. The average Bonchev–Trinajstić information content (AvgIpc) is 2.98. The summed E-state index contributed by atoms with van der Waals surface area (Å²) in [5.41, 5.74) is 0.925. The van der Waals surface area contributed by atoms with E-state index in [0.29, 0.717) is 17.2 Å². The minimum Gasteiger partial charge on any atom is -0.480 e. The van der Waals surface area contributed by atoms with Gasteiger partial charge in [0, 0.05) is 15.8 Å². The third-order valence-corrected chi connectivity index (χ3v) is 4.22. The number of aromatic nitrogens is 1. The molecule has 6 heteroatoms. The highest BCUT2D eigenvalue weighted by molar-refractivity contribution is 7.80. The number of para-hydroxylation sites is 1. The summed E-state index contributed by atoms with van der Waals surface area (Å²) >= 11 is 5.23. The molecule has 1 fully saturated rings. The molecular formula is C15H14N2O3S. The third-order valence-electron chi connectivity index (χ3n) is 3.84. The van der Waals surface area contributed by atoms with Crippen molar-refractivity contribution in [3.63, 3.8) is 0 Å². The summed E-state index contributed by atoms with van der Waals surface area (Å²) in [5, 5.41) is 10.5. The van der Waals surface area contributed by atoms with Crippen molar-refractivity contribution in [2.75, 3.05) is 11.4 Å². The first-order valence-corrected chi connectivity index (χ1v) is 7.00. The van der Waals surface area contributed by atoms with Gasteiger partial charge in [-0.05, 0) is 19.1 Å². The van der Waals surface area contributed by atoms with Crippen molar-refractivity contribution >= 4 is 45.6 Å². The summed E-state index contributed by atoms with van der Waals surface area (Å²) in [5.74, 6) is -1.29. The minimum atomic E-state index is -1.03. The predicted octanol–water partition coefficient (Wildman–Crippen LogP) is 2.02. The van der Waals surface area contributed by atoms with Crippen molar-refractivity contribution in [2.24, 2.45) is 5.92 Å². The normalized spacial score (nSPS) is 22.0. The third kappa shape index (κ3) is 2.21. The van der Waals surface area contributed by atoms with Gasteiger partial charge in [0.2, 0.25) is 0 Å². The predicted molar refractivity (Wildman–Crippen MR) is 83.8 cm³/mol. The molecule has 0 radical (unpaired) electrons. The first kappa shape index (κ1) is 13.8. The number of nitrogens with zero attached hydrogens (tertiary/aromatic N) is 1. The van der Waals surface area contributed by atoms with E-state index in [1.54, 1.807) is 4.90 Å². The van der Waals surface area contributed by atoms with Gasteiger partial charge in [-0.25, -0.2) is 4.79 Å². The van der Waals surface area contributed by atoms with Gasteiger partial charge < -0.3 is 15.0 Å². The van der Waals surface area contributed by atoms with Gasteiger partial charge in [0.05, 0.1) is 12.5 Å². The van der Waals surface area contributed by atoms with Gasteiger partial charge in [0.1, 0.15) is 17.6 Å². The molecule has 3 rings (SSSR count). The Balaban J connectivity index is 2.06. The zero-order chi connectivity index (χ0) is 15.1. The molecule has 1 aromatic heterocycles. The smallest absolute Gasteiger partial charge is 0.327 e. The molecule has 2 N–H and O–H groups in total. The molecule has 0 bridgehead atoms. The van der Waals surface area contributed by atoms with Crippen LogP contribution in [-0.4, -0.2) is 39.3 Å². The van der Waals surface area contributed by atoms with E-state index < -0.39 is 17.9 Å². The van der Waals surface area contributed by atoms with Gasteiger partial charge in [-0.2, -0.15) is 0 Å². The maximum Gasteiger partial charge on any atom is 0.327 e. The molecule has 5 nitrogen and oxygen atoms in total. The van der Waals surface area contributed by atoms with E-state index >= 15 is 0 Å². The summed E-state index contributed by atoms with van der Waals surface area (Å²) in [6.07, 6.45) is 0. The summed E-state index contributed by atoms with van der Waals surface area (Å²) in [4.78, 5) is 28.7. The second kappa shape index (κ2) is 4.96. The highest BCUT2D eigenvalue weighted by Crippen LogP contribution is 2.31. The Hall–Kier alpha value is -2.21. The molecule has 0 spiro atoms. The Kier molecular flexibility index (Phi) is 3.25. The number of anilines is 1. The number of ketones is 1. The zero-order valence-corrected chi connectivity index (χ0v) is 12.2. The van der Waals surface area contributed by atoms with Gasteiger partial charge in [-0.15, -0.1) is 0 Å². The Bertz CT molecular complexity index is 719. The van der Waals surface area contributed by atoms with Crippen LogP contribution in [0.2, 0.25) is 0 Å². The Morgan fingerprint density at radius 2 is 2.10 bits per heavy atom. The Morgan fingerprint density at radius 1 is 1.38 bits per heavy atom. The van der Waals surface area contributed by atoms with Crippen LogP contribution in [0.5, 0.6) is 0 Å². The molecule has 0 aliphatic carbocycles. The number of Topliss-reactive ketones (excluding diaryl/α,β-unsaturated/α-hetero) is 1. The van der Waals surface area contributed by atoms with Crippen LogP contribution in [0.3, 0.4) is 0 Å². The number of carboxylic acids is 1. The van der Waals surface area contributed by atoms with Crippen LogP contribution in [0.4, 0.5) is 5.82 Å². The quantitative estimate of drug-likeness (QED) is 0.849. The van der Waals surface area contributed by atoms with Crippen molar-refractivity contribution in [3.8, 4) is 0 Å². The van der Waals surface area contributed by atoms with Crippen LogP contribution in [0.1, 0.15) is 6.92 Å². The molecule has 2 atom stereocenters. The van der Waals surface area contributed by atoms with Gasteiger partial charge in [-0.3, -0.25) is 4.79 Å². The standard InChI is InChI=1S/C15H14N2O3S/c1-8(18)13-11(21)7-17(14(13)15(19)20)12-6-9-4-2-3-5-10(9)16-12/h2-6,13-14,16H,7H2,1H3,(H,19,20)/t13?,14-/m0/s1. The zero-order valence-electron chi connectivity index (χ0n) is 11.4. The lowest BCUT2D eigenvalue weighted by Gasteiger charge is -2.23. The number of H-pyrrole nitrogens is 1. The van der Waals surface area contributed by atoms with E-state index in [1.807, 2.05) is 30.3 Å². The number of fused-ring (bicyclic) bond motifs is 1. The lowest BCUT2D eigenvalue weighted by Crippen LogP contribution is -2.42. The van der Waals surface area contributed by atoms with E-state index in [0.717, 1.165) is 10.9 Å². The SMILES string of the molecule is CC(=O)C1C(=S)CN(c2cc3ccccc3[nH]2)[C@@H]1C(=O)O. The number of thiocarbonyl (C=S) groups is 1. The first-order chi connectivity index (χ1) is 9.99. The maximum absolute atomic E-state index is 11.7. The molecule has 0 amide bonds.